The third kappa shape index (κ3) is 3.30. The van der Waals surface area contributed by atoms with Crippen LogP contribution in [-0.2, 0) is 19.3 Å². The maximum absolute atomic E-state index is 4.28. The summed E-state index contributed by atoms with van der Waals surface area (Å²) in [5.74, 6) is 0. The van der Waals surface area contributed by atoms with Gasteiger partial charge in [0.25, 0.3) is 0 Å². The maximum atomic E-state index is 4.28. The van der Waals surface area contributed by atoms with Gasteiger partial charge in [0.15, 0.2) is 5.13 Å². The molecule has 3 heteroatoms. The Hall–Kier alpha value is -1.35. The Morgan fingerprint density at radius 3 is 2.41 bits per heavy atom. The zero-order valence-corrected chi connectivity index (χ0v) is 11.2. The molecule has 2 aromatic rings. The van der Waals surface area contributed by atoms with Crippen LogP contribution in [0.5, 0.6) is 0 Å². The zero-order chi connectivity index (χ0) is 12.1. The molecular weight excluding hydrogens is 228 g/mol. The second-order valence-corrected chi connectivity index (χ2v) is 5.17. The normalized spacial score (nSPS) is 10.5. The number of thiazole rings is 1. The summed E-state index contributed by atoms with van der Waals surface area (Å²) in [7, 11) is 1.91. The fraction of sp³-hybridized carbons (Fsp3) is 0.357. The number of aromatic nitrogens is 1. The minimum Gasteiger partial charge on any atom is -0.365 e. The summed E-state index contributed by atoms with van der Waals surface area (Å²) in [5.41, 5.74) is 2.81. The second kappa shape index (κ2) is 5.82. The van der Waals surface area contributed by atoms with E-state index in [1.54, 1.807) is 11.3 Å². The van der Waals surface area contributed by atoms with Crippen molar-refractivity contribution in [2.75, 3.05) is 12.4 Å². The van der Waals surface area contributed by atoms with Crippen molar-refractivity contribution in [1.29, 1.82) is 0 Å². The molecule has 0 aliphatic carbocycles. The quantitative estimate of drug-likeness (QED) is 0.873. The van der Waals surface area contributed by atoms with Gasteiger partial charge in [-0.25, -0.2) is 4.98 Å². The third-order valence-corrected chi connectivity index (χ3v) is 3.93. The first-order valence-corrected chi connectivity index (χ1v) is 6.83. The number of nitrogens with zero attached hydrogens (tertiary/aromatic N) is 1. The Bertz CT molecular complexity index is 459. The van der Waals surface area contributed by atoms with E-state index < -0.39 is 0 Å². The van der Waals surface area contributed by atoms with Crippen molar-refractivity contribution < 1.29 is 0 Å². The highest BCUT2D eigenvalue weighted by Gasteiger charge is 2.01. The summed E-state index contributed by atoms with van der Waals surface area (Å²) < 4.78 is 0. The Labute approximate surface area is 107 Å². The van der Waals surface area contributed by atoms with Crippen LogP contribution in [0.4, 0.5) is 5.13 Å². The number of nitrogens with one attached hydrogen (secondary N) is 1. The van der Waals surface area contributed by atoms with Crippen molar-refractivity contribution in [3.8, 4) is 0 Å². The van der Waals surface area contributed by atoms with E-state index in [4.69, 9.17) is 0 Å². The molecular formula is C14H18N2S. The van der Waals surface area contributed by atoms with Gasteiger partial charge in [-0.05, 0) is 30.4 Å². The van der Waals surface area contributed by atoms with E-state index in [0.29, 0.717) is 0 Å². The average molecular weight is 246 g/mol. The predicted molar refractivity (Wildman–Crippen MR) is 74.9 cm³/mol. The van der Waals surface area contributed by atoms with Crippen LogP contribution in [-0.4, -0.2) is 12.0 Å². The maximum Gasteiger partial charge on any atom is 0.182 e. The second-order valence-electron chi connectivity index (χ2n) is 4.05. The van der Waals surface area contributed by atoms with Crippen LogP contribution >= 0.6 is 11.3 Å². The molecule has 17 heavy (non-hydrogen) atoms. The van der Waals surface area contributed by atoms with Crippen molar-refractivity contribution in [3.63, 3.8) is 0 Å². The lowest BCUT2D eigenvalue weighted by Crippen LogP contribution is -1.89. The van der Waals surface area contributed by atoms with Crippen LogP contribution < -0.4 is 5.32 Å². The number of anilines is 1. The molecule has 0 unspecified atom stereocenters. The van der Waals surface area contributed by atoms with Crippen molar-refractivity contribution in [3.05, 3.63) is 46.5 Å². The van der Waals surface area contributed by atoms with Crippen molar-refractivity contribution in [2.45, 2.75) is 26.2 Å². The molecule has 0 aliphatic heterocycles. The molecule has 0 bridgehead atoms. The number of benzene rings is 1. The molecule has 1 N–H and O–H groups in total. The lowest BCUT2D eigenvalue weighted by Gasteiger charge is -2.01. The first-order valence-electron chi connectivity index (χ1n) is 6.02. The number of aryl methyl sites for hydroxylation is 3. The highest BCUT2D eigenvalue weighted by molar-refractivity contribution is 7.15. The monoisotopic (exact) mass is 246 g/mol. The fourth-order valence-corrected chi connectivity index (χ4v) is 2.51. The molecule has 2 nitrogen and oxygen atoms in total. The van der Waals surface area contributed by atoms with Crippen LogP contribution in [0.15, 0.2) is 30.5 Å². The smallest absolute Gasteiger partial charge is 0.182 e. The Kier molecular flexibility index (Phi) is 4.15. The minimum atomic E-state index is 1.00. The number of hydrogen-bond acceptors (Lipinski definition) is 3. The van der Waals surface area contributed by atoms with Gasteiger partial charge in [0.05, 0.1) is 0 Å². The Balaban J connectivity index is 1.92. The van der Waals surface area contributed by atoms with E-state index in [-0.39, 0.29) is 0 Å². The molecule has 0 atom stereocenters. The lowest BCUT2D eigenvalue weighted by molar-refractivity contribution is 0.972. The topological polar surface area (TPSA) is 24.9 Å². The van der Waals surface area contributed by atoms with Crippen LogP contribution in [0.25, 0.3) is 0 Å². The number of rotatable bonds is 5. The molecule has 90 valence electrons. The SMILES string of the molecule is CCc1ccc(CCc2cnc(NC)s2)cc1. The van der Waals surface area contributed by atoms with Gasteiger partial charge in [0.2, 0.25) is 0 Å². The predicted octanol–water partition coefficient (Wildman–Crippen LogP) is 3.53. The van der Waals surface area contributed by atoms with Gasteiger partial charge < -0.3 is 5.32 Å². The molecule has 1 heterocycles. The third-order valence-electron chi connectivity index (χ3n) is 2.86. The summed E-state index contributed by atoms with van der Waals surface area (Å²) in [6.45, 7) is 2.19. The Morgan fingerprint density at radius 2 is 1.82 bits per heavy atom. The van der Waals surface area contributed by atoms with Crippen molar-refractivity contribution in [1.82, 2.24) is 4.98 Å². The molecule has 0 saturated carbocycles. The van der Waals surface area contributed by atoms with Crippen LogP contribution in [0.1, 0.15) is 22.9 Å². The Morgan fingerprint density at radius 1 is 1.12 bits per heavy atom. The highest BCUT2D eigenvalue weighted by atomic mass is 32.1. The van der Waals surface area contributed by atoms with E-state index in [1.807, 2.05) is 13.2 Å². The van der Waals surface area contributed by atoms with E-state index in [1.165, 1.54) is 16.0 Å². The van der Waals surface area contributed by atoms with E-state index in [0.717, 1.165) is 24.4 Å². The summed E-state index contributed by atoms with van der Waals surface area (Å²) in [6.07, 6.45) is 5.25. The molecule has 0 radical (unpaired) electrons. The largest absolute Gasteiger partial charge is 0.365 e. The van der Waals surface area contributed by atoms with Gasteiger partial charge >= 0.3 is 0 Å². The van der Waals surface area contributed by atoms with Gasteiger partial charge in [0, 0.05) is 18.1 Å². The zero-order valence-electron chi connectivity index (χ0n) is 10.4. The van der Waals surface area contributed by atoms with Gasteiger partial charge in [-0.2, -0.15) is 0 Å². The molecule has 0 spiro atoms. The standard InChI is InChI=1S/C14H18N2S/c1-3-11-4-6-12(7-5-11)8-9-13-10-16-14(15-2)17-13/h4-7,10H,3,8-9H2,1-2H3,(H,15,16). The van der Waals surface area contributed by atoms with Gasteiger partial charge in [-0.15, -0.1) is 11.3 Å². The summed E-state index contributed by atoms with van der Waals surface area (Å²) in [5, 5.41) is 4.07. The minimum absolute atomic E-state index is 1.00. The summed E-state index contributed by atoms with van der Waals surface area (Å²) in [6, 6.07) is 8.92. The number of hydrogen-bond donors (Lipinski definition) is 1. The van der Waals surface area contributed by atoms with Crippen LogP contribution in [0.3, 0.4) is 0 Å². The van der Waals surface area contributed by atoms with Crippen molar-refractivity contribution >= 4 is 16.5 Å². The molecule has 0 aliphatic rings. The molecule has 0 amide bonds. The molecule has 2 rings (SSSR count). The molecule has 0 fully saturated rings. The molecule has 0 saturated heterocycles. The van der Waals surface area contributed by atoms with E-state index >= 15 is 0 Å². The molecule has 1 aromatic carbocycles. The lowest BCUT2D eigenvalue weighted by atomic mass is 10.1. The average Bonchev–Trinajstić information content (AvgIpc) is 2.85. The fourth-order valence-electron chi connectivity index (χ4n) is 1.75. The van der Waals surface area contributed by atoms with Gasteiger partial charge in [-0.3, -0.25) is 0 Å². The van der Waals surface area contributed by atoms with Gasteiger partial charge in [-0.1, -0.05) is 31.2 Å². The van der Waals surface area contributed by atoms with E-state index in [9.17, 15) is 0 Å². The summed E-state index contributed by atoms with van der Waals surface area (Å²) >= 11 is 1.74. The van der Waals surface area contributed by atoms with Crippen LogP contribution in [0.2, 0.25) is 0 Å². The molecule has 1 aromatic heterocycles. The first-order chi connectivity index (χ1) is 8.31. The van der Waals surface area contributed by atoms with E-state index in [2.05, 4.69) is 41.5 Å². The first kappa shape index (κ1) is 12.1. The van der Waals surface area contributed by atoms with Crippen LogP contribution in [0, 0.1) is 0 Å². The van der Waals surface area contributed by atoms with Gasteiger partial charge in [0.1, 0.15) is 0 Å². The highest BCUT2D eigenvalue weighted by Crippen LogP contribution is 2.19. The summed E-state index contributed by atoms with van der Waals surface area (Å²) in [4.78, 5) is 5.62. The van der Waals surface area contributed by atoms with Crippen molar-refractivity contribution in [2.24, 2.45) is 0 Å².